The predicted molar refractivity (Wildman–Crippen MR) is 94.1 cm³/mol. The van der Waals surface area contributed by atoms with Crippen molar-refractivity contribution in [2.75, 3.05) is 32.9 Å². The van der Waals surface area contributed by atoms with Gasteiger partial charge in [-0.2, -0.15) is 0 Å². The van der Waals surface area contributed by atoms with Gasteiger partial charge in [-0.1, -0.05) is 12.1 Å². The van der Waals surface area contributed by atoms with E-state index in [4.69, 9.17) is 5.73 Å². The Morgan fingerprint density at radius 2 is 2.08 bits per heavy atom. The molecule has 3 rings (SSSR count). The van der Waals surface area contributed by atoms with Crippen molar-refractivity contribution in [3.05, 3.63) is 42.0 Å². The maximum Gasteiger partial charge on any atom is 0.236 e. The molecule has 0 saturated carbocycles. The van der Waals surface area contributed by atoms with Gasteiger partial charge in [0.2, 0.25) is 11.9 Å². The number of halogens is 1. The van der Waals surface area contributed by atoms with Crippen LogP contribution >= 0.6 is 0 Å². The van der Waals surface area contributed by atoms with Crippen LogP contribution in [-0.2, 0) is 4.79 Å². The van der Waals surface area contributed by atoms with E-state index in [0.717, 1.165) is 36.2 Å². The van der Waals surface area contributed by atoms with E-state index in [1.165, 1.54) is 12.1 Å². The first kappa shape index (κ1) is 17.3. The van der Waals surface area contributed by atoms with Crippen molar-refractivity contribution < 1.29 is 9.18 Å². The minimum Gasteiger partial charge on any atom is -0.368 e. The molecular weight excluding hydrogens is 321 g/mol. The summed E-state index contributed by atoms with van der Waals surface area (Å²) in [7, 11) is 3.50. The van der Waals surface area contributed by atoms with E-state index in [-0.39, 0.29) is 23.7 Å². The summed E-state index contributed by atoms with van der Waals surface area (Å²) in [4.78, 5) is 24.4. The summed E-state index contributed by atoms with van der Waals surface area (Å²) in [5.74, 6) is -0.0374. The Labute approximate surface area is 146 Å². The second-order valence-corrected chi connectivity index (χ2v) is 6.45. The number of anilines is 1. The summed E-state index contributed by atoms with van der Waals surface area (Å²) in [5.41, 5.74) is 8.27. The highest BCUT2D eigenvalue weighted by atomic mass is 19.1. The number of nitrogens with zero attached hydrogens (tertiary/aromatic N) is 4. The molecule has 1 aliphatic rings. The van der Waals surface area contributed by atoms with Gasteiger partial charge in [-0.15, -0.1) is 0 Å². The lowest BCUT2D eigenvalue weighted by molar-refractivity contribution is -0.130. The summed E-state index contributed by atoms with van der Waals surface area (Å²) in [6.45, 7) is 1.17. The number of nitrogens with two attached hydrogens (primary N) is 1. The van der Waals surface area contributed by atoms with Gasteiger partial charge < -0.3 is 10.6 Å². The minimum atomic E-state index is -0.291. The number of nitrogen functional groups attached to an aromatic ring is 1. The van der Waals surface area contributed by atoms with Gasteiger partial charge in [0, 0.05) is 25.9 Å². The number of hydrogen-bond donors (Lipinski definition) is 1. The van der Waals surface area contributed by atoms with Crippen LogP contribution in [0.4, 0.5) is 10.3 Å². The van der Waals surface area contributed by atoms with Gasteiger partial charge in [0.1, 0.15) is 5.82 Å². The summed E-state index contributed by atoms with van der Waals surface area (Å²) in [6, 6.07) is 6.24. The van der Waals surface area contributed by atoms with Crippen molar-refractivity contribution in [1.29, 1.82) is 0 Å². The lowest BCUT2D eigenvalue weighted by Crippen LogP contribution is -2.36. The van der Waals surface area contributed by atoms with E-state index in [9.17, 15) is 9.18 Å². The van der Waals surface area contributed by atoms with Crippen molar-refractivity contribution in [2.24, 2.45) is 0 Å². The number of hydrogen-bond acceptors (Lipinski definition) is 5. The van der Waals surface area contributed by atoms with Gasteiger partial charge in [-0.3, -0.25) is 9.69 Å². The minimum absolute atomic E-state index is 0.00532. The van der Waals surface area contributed by atoms with Crippen molar-refractivity contribution in [2.45, 2.75) is 18.9 Å². The lowest BCUT2D eigenvalue weighted by atomic mass is 10.00. The van der Waals surface area contributed by atoms with Crippen molar-refractivity contribution >= 4 is 11.9 Å². The van der Waals surface area contributed by atoms with E-state index in [2.05, 4.69) is 14.9 Å². The van der Waals surface area contributed by atoms with Crippen LogP contribution < -0.4 is 5.73 Å². The second-order valence-electron chi connectivity index (χ2n) is 6.45. The maximum absolute atomic E-state index is 13.2. The molecule has 1 saturated heterocycles. The predicted octanol–water partition coefficient (Wildman–Crippen LogP) is 2.09. The van der Waals surface area contributed by atoms with Crippen LogP contribution in [-0.4, -0.2) is 52.9 Å². The smallest absolute Gasteiger partial charge is 0.236 e. The SMILES string of the molecule is CN(C)C(=O)CN1CCC[C@H]1c1nc(N)ncc1-c1ccc(F)cc1. The summed E-state index contributed by atoms with van der Waals surface area (Å²) >= 11 is 0. The molecule has 1 aromatic carbocycles. The van der Waals surface area contributed by atoms with E-state index >= 15 is 0 Å². The Morgan fingerprint density at radius 1 is 1.36 bits per heavy atom. The fourth-order valence-corrected chi connectivity index (χ4v) is 3.16. The topological polar surface area (TPSA) is 75.4 Å². The standard InChI is InChI=1S/C18H22FN5O/c1-23(2)16(25)11-24-9-3-4-15(24)17-14(10-21-18(20)22-17)12-5-7-13(19)8-6-12/h5-8,10,15H,3-4,9,11H2,1-2H3,(H2,20,21,22)/t15-/m0/s1. The first-order valence-electron chi connectivity index (χ1n) is 8.28. The van der Waals surface area contributed by atoms with E-state index < -0.39 is 0 Å². The number of carbonyl (C=O) groups excluding carboxylic acids is 1. The van der Waals surface area contributed by atoms with Crippen molar-refractivity contribution in [3.8, 4) is 11.1 Å². The normalized spacial score (nSPS) is 17.6. The zero-order valence-electron chi connectivity index (χ0n) is 14.4. The molecule has 0 spiro atoms. The van der Waals surface area contributed by atoms with Gasteiger partial charge in [0.25, 0.3) is 0 Å². The molecule has 1 aromatic heterocycles. The number of benzene rings is 1. The first-order valence-corrected chi connectivity index (χ1v) is 8.28. The van der Waals surface area contributed by atoms with Crippen LogP contribution in [0.3, 0.4) is 0 Å². The highest BCUT2D eigenvalue weighted by molar-refractivity contribution is 5.77. The molecular formula is C18H22FN5O. The van der Waals surface area contributed by atoms with E-state index in [0.29, 0.717) is 6.54 Å². The van der Waals surface area contributed by atoms with Gasteiger partial charge >= 0.3 is 0 Å². The van der Waals surface area contributed by atoms with Crippen LogP contribution in [0, 0.1) is 5.82 Å². The molecule has 0 radical (unpaired) electrons. The van der Waals surface area contributed by atoms with E-state index in [1.807, 2.05) is 0 Å². The first-order chi connectivity index (χ1) is 12.0. The largest absolute Gasteiger partial charge is 0.368 e. The molecule has 6 nitrogen and oxygen atoms in total. The second kappa shape index (κ2) is 7.14. The summed E-state index contributed by atoms with van der Waals surface area (Å²) < 4.78 is 13.2. The number of amides is 1. The van der Waals surface area contributed by atoms with Gasteiger partial charge in [-0.05, 0) is 37.1 Å². The maximum atomic E-state index is 13.2. The molecule has 2 aromatic rings. The summed E-state index contributed by atoms with van der Waals surface area (Å²) in [6.07, 6.45) is 3.55. The average Bonchev–Trinajstić information content (AvgIpc) is 3.03. The van der Waals surface area contributed by atoms with E-state index in [1.54, 1.807) is 37.3 Å². The Morgan fingerprint density at radius 3 is 2.76 bits per heavy atom. The van der Waals surface area contributed by atoms with Crippen LogP contribution in [0.2, 0.25) is 0 Å². The molecule has 1 aliphatic heterocycles. The van der Waals surface area contributed by atoms with Crippen LogP contribution in [0.1, 0.15) is 24.6 Å². The fraction of sp³-hybridized carbons (Fsp3) is 0.389. The highest BCUT2D eigenvalue weighted by Crippen LogP contribution is 2.36. The Hall–Kier alpha value is -2.54. The van der Waals surface area contributed by atoms with Gasteiger partial charge in [0.15, 0.2) is 0 Å². The van der Waals surface area contributed by atoms with Gasteiger partial charge in [-0.25, -0.2) is 14.4 Å². The Bertz CT molecular complexity index is 763. The van der Waals surface area contributed by atoms with Crippen molar-refractivity contribution in [3.63, 3.8) is 0 Å². The molecule has 1 amide bonds. The Kier molecular flexibility index (Phi) is 4.94. The quantitative estimate of drug-likeness (QED) is 0.920. The molecule has 0 bridgehead atoms. The molecule has 7 heteroatoms. The zero-order valence-corrected chi connectivity index (χ0v) is 14.4. The number of aromatic nitrogens is 2. The number of rotatable bonds is 4. The van der Waals surface area contributed by atoms with Crippen molar-refractivity contribution in [1.82, 2.24) is 19.8 Å². The monoisotopic (exact) mass is 343 g/mol. The average molecular weight is 343 g/mol. The third-order valence-corrected chi connectivity index (χ3v) is 4.51. The molecule has 25 heavy (non-hydrogen) atoms. The molecule has 0 aliphatic carbocycles. The molecule has 132 valence electrons. The molecule has 0 unspecified atom stereocenters. The number of carbonyl (C=O) groups is 1. The number of likely N-dealkylation sites (tertiary alicyclic amines) is 1. The summed E-state index contributed by atoms with van der Waals surface area (Å²) in [5, 5.41) is 0. The Balaban J connectivity index is 1.96. The van der Waals surface area contributed by atoms with Crippen LogP contribution in [0.15, 0.2) is 30.5 Å². The molecule has 1 fully saturated rings. The molecule has 2 heterocycles. The third kappa shape index (κ3) is 3.76. The van der Waals surface area contributed by atoms with Gasteiger partial charge in [0.05, 0.1) is 18.3 Å². The molecule has 2 N–H and O–H groups in total. The highest BCUT2D eigenvalue weighted by Gasteiger charge is 2.31. The third-order valence-electron chi connectivity index (χ3n) is 4.51. The number of likely N-dealkylation sites (N-methyl/N-ethyl adjacent to an activating group) is 1. The zero-order chi connectivity index (χ0) is 18.0. The molecule has 1 atom stereocenters. The fourth-order valence-electron chi connectivity index (χ4n) is 3.16. The van der Waals surface area contributed by atoms with Crippen LogP contribution in [0.25, 0.3) is 11.1 Å². The van der Waals surface area contributed by atoms with Crippen LogP contribution in [0.5, 0.6) is 0 Å². The lowest BCUT2D eigenvalue weighted by Gasteiger charge is -2.26.